The van der Waals surface area contributed by atoms with Crippen LogP contribution >= 0.6 is 11.9 Å². The quantitative estimate of drug-likeness (QED) is 0.796. The minimum atomic E-state index is 0.977. The molecule has 0 amide bonds. The normalized spacial score (nSPS) is 10.3. The molecule has 0 aliphatic carbocycles. The molecule has 82 valence electrons. The fraction of sp³-hybridized carbons (Fsp3) is 0.143. The number of rotatable bonds is 4. The molecule has 0 bridgehead atoms. The zero-order valence-corrected chi connectivity index (χ0v) is 10.1. The fourth-order valence-electron chi connectivity index (χ4n) is 1.50. The molecule has 0 aliphatic rings. The van der Waals surface area contributed by atoms with E-state index in [2.05, 4.69) is 60.2 Å². The maximum atomic E-state index is 3.24. The van der Waals surface area contributed by atoms with E-state index >= 15 is 0 Å². The lowest BCUT2D eigenvalue weighted by molar-refractivity contribution is 1.03. The molecule has 2 heteroatoms. The van der Waals surface area contributed by atoms with Crippen molar-refractivity contribution in [2.24, 2.45) is 0 Å². The average molecular weight is 229 g/mol. The Kier molecular flexibility index (Phi) is 4.03. The summed E-state index contributed by atoms with van der Waals surface area (Å²) in [6.45, 7) is 3.08. The first-order chi connectivity index (χ1) is 7.90. The summed E-state index contributed by atoms with van der Waals surface area (Å²) in [7, 11) is 0. The van der Waals surface area contributed by atoms with E-state index in [1.54, 1.807) is 11.9 Å². The van der Waals surface area contributed by atoms with E-state index in [9.17, 15) is 0 Å². The zero-order valence-electron chi connectivity index (χ0n) is 9.31. The Morgan fingerprint density at radius 1 is 0.875 bits per heavy atom. The van der Waals surface area contributed by atoms with Crippen molar-refractivity contribution >= 4 is 11.9 Å². The monoisotopic (exact) mass is 229 g/mol. The number of hydrogen-bond donors (Lipinski definition) is 1. The Labute approximate surface area is 101 Å². The highest BCUT2D eigenvalue weighted by molar-refractivity contribution is 7.97. The molecule has 0 atom stereocenters. The van der Waals surface area contributed by atoms with Gasteiger partial charge in [-0.25, -0.2) is 0 Å². The minimum absolute atomic E-state index is 0.977. The van der Waals surface area contributed by atoms with Crippen LogP contribution in [0.4, 0.5) is 0 Å². The van der Waals surface area contributed by atoms with Crippen LogP contribution in [0.15, 0.2) is 59.5 Å². The van der Waals surface area contributed by atoms with Gasteiger partial charge in [0.05, 0.1) is 0 Å². The first-order valence-electron chi connectivity index (χ1n) is 5.45. The zero-order chi connectivity index (χ0) is 11.2. The van der Waals surface area contributed by atoms with Gasteiger partial charge in [0.15, 0.2) is 0 Å². The molecule has 2 aromatic carbocycles. The fourth-order valence-corrected chi connectivity index (χ4v) is 2.08. The molecule has 0 radical (unpaired) electrons. The van der Waals surface area contributed by atoms with E-state index in [1.807, 2.05) is 6.07 Å². The van der Waals surface area contributed by atoms with E-state index in [4.69, 9.17) is 0 Å². The first kappa shape index (κ1) is 11.2. The third kappa shape index (κ3) is 2.87. The Morgan fingerprint density at radius 3 is 2.12 bits per heavy atom. The van der Waals surface area contributed by atoms with Gasteiger partial charge in [0.25, 0.3) is 0 Å². The molecule has 0 aliphatic heterocycles. The van der Waals surface area contributed by atoms with E-state index in [-0.39, 0.29) is 0 Å². The Hall–Kier alpha value is -1.25. The standard InChI is InChI=1S/C14H15NS/c1-2-15-16-14-10-8-13(9-11-14)12-6-4-3-5-7-12/h3-11,15H,2H2,1H3. The summed E-state index contributed by atoms with van der Waals surface area (Å²) in [4.78, 5) is 1.25. The second-order valence-corrected chi connectivity index (χ2v) is 4.45. The summed E-state index contributed by atoms with van der Waals surface area (Å²) in [5, 5.41) is 0. The van der Waals surface area contributed by atoms with Crippen molar-refractivity contribution in [1.82, 2.24) is 4.72 Å². The van der Waals surface area contributed by atoms with Crippen LogP contribution in [0.2, 0.25) is 0 Å². The molecule has 16 heavy (non-hydrogen) atoms. The molecule has 0 spiro atoms. The lowest BCUT2D eigenvalue weighted by Crippen LogP contribution is -1.99. The molecule has 1 N–H and O–H groups in total. The molecular formula is C14H15NS. The Balaban J connectivity index is 2.13. The summed E-state index contributed by atoms with van der Waals surface area (Å²) in [5.74, 6) is 0. The highest BCUT2D eigenvalue weighted by Crippen LogP contribution is 2.22. The van der Waals surface area contributed by atoms with Crippen molar-refractivity contribution in [3.05, 3.63) is 54.6 Å². The van der Waals surface area contributed by atoms with Gasteiger partial charge in [0.2, 0.25) is 0 Å². The highest BCUT2D eigenvalue weighted by Gasteiger charge is 1.97. The van der Waals surface area contributed by atoms with Crippen LogP contribution in [0.5, 0.6) is 0 Å². The molecule has 2 rings (SSSR count). The molecule has 0 saturated carbocycles. The van der Waals surface area contributed by atoms with Crippen molar-refractivity contribution in [2.75, 3.05) is 6.54 Å². The molecule has 0 heterocycles. The SMILES string of the molecule is CCNSc1ccc(-c2ccccc2)cc1. The van der Waals surface area contributed by atoms with Gasteiger partial charge in [-0.2, -0.15) is 0 Å². The largest absolute Gasteiger partial charge is 0.260 e. The van der Waals surface area contributed by atoms with Gasteiger partial charge in [0, 0.05) is 11.4 Å². The maximum absolute atomic E-state index is 3.24. The summed E-state index contributed by atoms with van der Waals surface area (Å²) >= 11 is 1.67. The van der Waals surface area contributed by atoms with Gasteiger partial charge < -0.3 is 0 Å². The smallest absolute Gasteiger partial charge is 0.0228 e. The van der Waals surface area contributed by atoms with E-state index in [0.29, 0.717) is 0 Å². The summed E-state index contributed by atoms with van der Waals surface area (Å²) in [6.07, 6.45) is 0. The van der Waals surface area contributed by atoms with Crippen LogP contribution in [-0.4, -0.2) is 6.54 Å². The predicted molar refractivity (Wildman–Crippen MR) is 71.4 cm³/mol. The minimum Gasteiger partial charge on any atom is -0.260 e. The predicted octanol–water partition coefficient (Wildman–Crippen LogP) is 3.97. The Morgan fingerprint density at radius 2 is 1.50 bits per heavy atom. The van der Waals surface area contributed by atoms with Gasteiger partial charge in [-0.3, -0.25) is 4.72 Å². The Bertz CT molecular complexity index is 422. The van der Waals surface area contributed by atoms with Gasteiger partial charge in [0.1, 0.15) is 0 Å². The van der Waals surface area contributed by atoms with E-state index in [0.717, 1.165) is 6.54 Å². The van der Waals surface area contributed by atoms with Crippen LogP contribution in [0.3, 0.4) is 0 Å². The topological polar surface area (TPSA) is 12.0 Å². The second kappa shape index (κ2) is 5.73. The summed E-state index contributed by atoms with van der Waals surface area (Å²) in [5.41, 5.74) is 2.53. The second-order valence-electron chi connectivity index (χ2n) is 3.49. The highest BCUT2D eigenvalue weighted by atomic mass is 32.2. The van der Waals surface area contributed by atoms with Crippen LogP contribution in [0, 0.1) is 0 Å². The van der Waals surface area contributed by atoms with Gasteiger partial charge in [-0.05, 0) is 35.2 Å². The molecule has 0 aromatic heterocycles. The third-order valence-corrected chi connectivity index (χ3v) is 3.24. The van der Waals surface area contributed by atoms with Crippen molar-refractivity contribution < 1.29 is 0 Å². The van der Waals surface area contributed by atoms with Gasteiger partial charge >= 0.3 is 0 Å². The summed E-state index contributed by atoms with van der Waals surface area (Å²) < 4.78 is 3.24. The van der Waals surface area contributed by atoms with Crippen molar-refractivity contribution in [2.45, 2.75) is 11.8 Å². The van der Waals surface area contributed by atoms with Crippen molar-refractivity contribution in [3.63, 3.8) is 0 Å². The van der Waals surface area contributed by atoms with Crippen LogP contribution < -0.4 is 4.72 Å². The van der Waals surface area contributed by atoms with E-state index in [1.165, 1.54) is 16.0 Å². The van der Waals surface area contributed by atoms with Crippen LogP contribution in [0.25, 0.3) is 11.1 Å². The first-order valence-corrected chi connectivity index (χ1v) is 6.27. The van der Waals surface area contributed by atoms with Crippen LogP contribution in [-0.2, 0) is 0 Å². The number of benzene rings is 2. The molecule has 0 unspecified atom stereocenters. The molecular weight excluding hydrogens is 214 g/mol. The third-order valence-electron chi connectivity index (χ3n) is 2.30. The van der Waals surface area contributed by atoms with Gasteiger partial charge in [-0.15, -0.1) is 0 Å². The van der Waals surface area contributed by atoms with Crippen molar-refractivity contribution in [1.29, 1.82) is 0 Å². The maximum Gasteiger partial charge on any atom is 0.0228 e. The number of hydrogen-bond acceptors (Lipinski definition) is 2. The lowest BCUT2D eigenvalue weighted by atomic mass is 10.1. The summed E-state index contributed by atoms with van der Waals surface area (Å²) in [6, 6.07) is 19.1. The lowest BCUT2D eigenvalue weighted by Gasteiger charge is -2.04. The van der Waals surface area contributed by atoms with Crippen LogP contribution in [0.1, 0.15) is 6.92 Å². The van der Waals surface area contributed by atoms with E-state index < -0.39 is 0 Å². The van der Waals surface area contributed by atoms with Gasteiger partial charge in [-0.1, -0.05) is 49.4 Å². The molecule has 0 fully saturated rings. The average Bonchev–Trinajstić information content (AvgIpc) is 2.38. The molecule has 1 nitrogen and oxygen atoms in total. The number of nitrogens with one attached hydrogen (secondary N) is 1. The molecule has 0 saturated heterocycles. The molecule has 2 aromatic rings. The van der Waals surface area contributed by atoms with Crippen molar-refractivity contribution in [3.8, 4) is 11.1 Å².